The summed E-state index contributed by atoms with van der Waals surface area (Å²) in [4.78, 5) is 16.1. The van der Waals surface area contributed by atoms with Gasteiger partial charge in [-0.15, -0.1) is 0 Å². The van der Waals surface area contributed by atoms with Crippen LogP contribution in [0, 0.1) is 6.92 Å². The van der Waals surface area contributed by atoms with E-state index < -0.39 is 0 Å². The Hall–Kier alpha value is -1.88. The van der Waals surface area contributed by atoms with Crippen LogP contribution in [0.15, 0.2) is 41.0 Å². The predicted octanol–water partition coefficient (Wildman–Crippen LogP) is 2.99. The summed E-state index contributed by atoms with van der Waals surface area (Å²) >= 11 is 3.35. The molecular formula is C13H12BrN3O. The van der Waals surface area contributed by atoms with Crippen molar-refractivity contribution in [1.29, 1.82) is 0 Å². The van der Waals surface area contributed by atoms with Gasteiger partial charge in [0.05, 0.1) is 5.69 Å². The Labute approximate surface area is 113 Å². The molecule has 0 aliphatic rings. The molecule has 3 N–H and O–H groups in total. The van der Waals surface area contributed by atoms with E-state index in [-0.39, 0.29) is 5.91 Å². The summed E-state index contributed by atoms with van der Waals surface area (Å²) in [7, 11) is 0. The molecular weight excluding hydrogens is 294 g/mol. The van der Waals surface area contributed by atoms with Crippen LogP contribution in [0.4, 0.5) is 11.4 Å². The molecule has 1 amide bonds. The highest BCUT2D eigenvalue weighted by molar-refractivity contribution is 9.10. The molecule has 92 valence electrons. The molecule has 18 heavy (non-hydrogen) atoms. The van der Waals surface area contributed by atoms with E-state index in [4.69, 9.17) is 5.73 Å². The molecule has 0 saturated heterocycles. The highest BCUT2D eigenvalue weighted by Crippen LogP contribution is 2.25. The molecule has 4 nitrogen and oxygen atoms in total. The second kappa shape index (κ2) is 5.18. The maximum atomic E-state index is 12.0. The molecule has 2 rings (SSSR count). The number of nitrogens with zero attached hydrogens (tertiary/aromatic N) is 1. The average Bonchev–Trinajstić information content (AvgIpc) is 2.33. The Morgan fingerprint density at radius 3 is 2.83 bits per heavy atom. The molecule has 0 aliphatic carbocycles. The van der Waals surface area contributed by atoms with Gasteiger partial charge in [0.15, 0.2) is 0 Å². The van der Waals surface area contributed by atoms with E-state index in [1.165, 1.54) is 0 Å². The van der Waals surface area contributed by atoms with Crippen LogP contribution in [-0.2, 0) is 0 Å². The number of rotatable bonds is 2. The SMILES string of the molecule is Cc1cccnc1C(=O)Nc1ccc(N)cc1Br. The number of pyridine rings is 1. The van der Waals surface area contributed by atoms with Crippen molar-refractivity contribution in [2.75, 3.05) is 11.1 Å². The fraction of sp³-hybridized carbons (Fsp3) is 0.0769. The summed E-state index contributed by atoms with van der Waals surface area (Å²) < 4.78 is 0.740. The molecule has 1 aromatic carbocycles. The normalized spacial score (nSPS) is 10.1. The molecule has 0 fully saturated rings. The van der Waals surface area contributed by atoms with Crippen LogP contribution < -0.4 is 11.1 Å². The third kappa shape index (κ3) is 2.68. The minimum atomic E-state index is -0.237. The summed E-state index contributed by atoms with van der Waals surface area (Å²) in [5.74, 6) is -0.237. The molecule has 0 aliphatic heterocycles. The number of aryl methyl sites for hydroxylation is 1. The van der Waals surface area contributed by atoms with Gasteiger partial charge in [0.1, 0.15) is 5.69 Å². The Kier molecular flexibility index (Phi) is 3.62. The zero-order valence-corrected chi connectivity index (χ0v) is 11.4. The Morgan fingerprint density at radius 1 is 1.39 bits per heavy atom. The highest BCUT2D eigenvalue weighted by atomic mass is 79.9. The number of anilines is 2. The largest absolute Gasteiger partial charge is 0.399 e. The lowest BCUT2D eigenvalue weighted by Gasteiger charge is -2.08. The van der Waals surface area contributed by atoms with Gasteiger partial charge in [0.2, 0.25) is 0 Å². The van der Waals surface area contributed by atoms with Gasteiger partial charge in [0.25, 0.3) is 5.91 Å². The van der Waals surface area contributed by atoms with Gasteiger partial charge in [-0.1, -0.05) is 6.07 Å². The first-order chi connectivity index (χ1) is 8.58. The van der Waals surface area contributed by atoms with Gasteiger partial charge in [-0.2, -0.15) is 0 Å². The minimum absolute atomic E-state index is 0.237. The van der Waals surface area contributed by atoms with Crippen LogP contribution in [0.3, 0.4) is 0 Å². The second-order valence-electron chi connectivity index (χ2n) is 3.86. The smallest absolute Gasteiger partial charge is 0.274 e. The van der Waals surface area contributed by atoms with Crippen molar-refractivity contribution in [2.45, 2.75) is 6.92 Å². The van der Waals surface area contributed by atoms with E-state index in [9.17, 15) is 4.79 Å². The molecule has 0 bridgehead atoms. The zero-order chi connectivity index (χ0) is 13.1. The fourth-order valence-corrected chi connectivity index (χ4v) is 2.03. The van der Waals surface area contributed by atoms with E-state index in [1.54, 1.807) is 30.5 Å². The molecule has 0 saturated carbocycles. The lowest BCUT2D eigenvalue weighted by Crippen LogP contribution is -2.15. The van der Waals surface area contributed by atoms with Crippen molar-refractivity contribution in [3.8, 4) is 0 Å². The molecule has 2 aromatic rings. The predicted molar refractivity (Wildman–Crippen MR) is 75.5 cm³/mol. The van der Waals surface area contributed by atoms with Crippen molar-refractivity contribution in [3.63, 3.8) is 0 Å². The van der Waals surface area contributed by atoms with Gasteiger partial charge in [-0.25, -0.2) is 0 Å². The molecule has 0 unspecified atom stereocenters. The molecule has 5 heteroatoms. The molecule has 0 radical (unpaired) electrons. The highest BCUT2D eigenvalue weighted by Gasteiger charge is 2.11. The number of halogens is 1. The quantitative estimate of drug-likeness (QED) is 0.838. The summed E-state index contributed by atoms with van der Waals surface area (Å²) in [5, 5.41) is 2.79. The first-order valence-corrected chi connectivity index (χ1v) is 6.15. The van der Waals surface area contributed by atoms with Crippen LogP contribution in [0.1, 0.15) is 16.1 Å². The monoisotopic (exact) mass is 305 g/mol. The van der Waals surface area contributed by atoms with Gasteiger partial charge >= 0.3 is 0 Å². The number of aromatic nitrogens is 1. The number of amides is 1. The third-order valence-corrected chi connectivity index (χ3v) is 3.12. The maximum absolute atomic E-state index is 12.0. The summed E-state index contributed by atoms with van der Waals surface area (Å²) in [6.45, 7) is 1.85. The molecule has 0 atom stereocenters. The average molecular weight is 306 g/mol. The Balaban J connectivity index is 2.24. The minimum Gasteiger partial charge on any atom is -0.399 e. The number of benzene rings is 1. The van der Waals surface area contributed by atoms with Crippen molar-refractivity contribution in [2.24, 2.45) is 0 Å². The van der Waals surface area contributed by atoms with E-state index in [0.717, 1.165) is 10.0 Å². The number of hydrogen-bond acceptors (Lipinski definition) is 3. The molecule has 1 aromatic heterocycles. The van der Waals surface area contributed by atoms with Gasteiger partial charge in [-0.3, -0.25) is 9.78 Å². The van der Waals surface area contributed by atoms with Gasteiger partial charge < -0.3 is 11.1 Å². The topological polar surface area (TPSA) is 68.0 Å². The van der Waals surface area contributed by atoms with Crippen molar-refractivity contribution in [3.05, 3.63) is 52.3 Å². The summed E-state index contributed by atoms with van der Waals surface area (Å²) in [6, 6.07) is 8.85. The van der Waals surface area contributed by atoms with Gasteiger partial charge in [-0.05, 0) is 52.7 Å². The van der Waals surface area contributed by atoms with Crippen molar-refractivity contribution >= 4 is 33.2 Å². The number of hydrogen-bond donors (Lipinski definition) is 2. The van der Waals surface area contributed by atoms with Crippen molar-refractivity contribution < 1.29 is 4.79 Å². The number of carbonyl (C=O) groups excluding carboxylic acids is 1. The van der Waals surface area contributed by atoms with Crippen LogP contribution >= 0.6 is 15.9 Å². The number of nitrogen functional groups attached to an aromatic ring is 1. The second-order valence-corrected chi connectivity index (χ2v) is 4.72. The first kappa shape index (κ1) is 12.6. The standard InChI is InChI=1S/C13H12BrN3O/c1-8-3-2-6-16-12(8)13(18)17-11-5-4-9(15)7-10(11)14/h2-7H,15H2,1H3,(H,17,18). The van der Waals surface area contributed by atoms with Crippen LogP contribution in [0.25, 0.3) is 0 Å². The van der Waals surface area contributed by atoms with E-state index >= 15 is 0 Å². The maximum Gasteiger partial charge on any atom is 0.274 e. The van der Waals surface area contributed by atoms with Crippen molar-refractivity contribution in [1.82, 2.24) is 4.98 Å². The van der Waals surface area contributed by atoms with Crippen LogP contribution in [0.5, 0.6) is 0 Å². The van der Waals surface area contributed by atoms with Crippen LogP contribution in [0.2, 0.25) is 0 Å². The third-order valence-electron chi connectivity index (χ3n) is 2.47. The lowest BCUT2D eigenvalue weighted by molar-refractivity contribution is 0.102. The Bertz CT molecular complexity index is 599. The summed E-state index contributed by atoms with van der Waals surface area (Å²) in [6.07, 6.45) is 1.60. The summed E-state index contributed by atoms with van der Waals surface area (Å²) in [5.41, 5.74) is 8.19. The first-order valence-electron chi connectivity index (χ1n) is 5.36. The van der Waals surface area contributed by atoms with E-state index in [1.807, 2.05) is 13.0 Å². The number of carbonyl (C=O) groups is 1. The zero-order valence-electron chi connectivity index (χ0n) is 9.77. The fourth-order valence-electron chi connectivity index (χ4n) is 1.54. The Morgan fingerprint density at radius 2 is 2.17 bits per heavy atom. The van der Waals surface area contributed by atoms with E-state index in [0.29, 0.717) is 17.1 Å². The number of nitrogens with two attached hydrogens (primary N) is 1. The van der Waals surface area contributed by atoms with E-state index in [2.05, 4.69) is 26.2 Å². The molecule has 1 heterocycles. The number of nitrogens with one attached hydrogen (secondary N) is 1. The van der Waals surface area contributed by atoms with Crippen LogP contribution in [-0.4, -0.2) is 10.9 Å². The lowest BCUT2D eigenvalue weighted by atomic mass is 10.2. The molecule has 0 spiro atoms. The van der Waals surface area contributed by atoms with Gasteiger partial charge in [0, 0.05) is 16.4 Å².